The number of rotatable bonds is 8. The van der Waals surface area contributed by atoms with Gasteiger partial charge >= 0.3 is 5.97 Å². The normalized spacial score (nSPS) is 10.7. The molecule has 9 heteroatoms. The SMILES string of the molecule is COc1cc(Nc2nc(SC)nc(/C=C/N(C)C)c2C(=O)O)cc(OC)c1. The minimum absolute atomic E-state index is 0.0207. The maximum Gasteiger partial charge on any atom is 0.341 e. The van der Waals surface area contributed by atoms with Crippen LogP contribution in [0.1, 0.15) is 16.1 Å². The van der Waals surface area contributed by atoms with Gasteiger partial charge in [-0.1, -0.05) is 11.8 Å². The first-order valence-corrected chi connectivity index (χ1v) is 9.14. The predicted molar refractivity (Wildman–Crippen MR) is 106 cm³/mol. The lowest BCUT2D eigenvalue weighted by Gasteiger charge is -2.14. The summed E-state index contributed by atoms with van der Waals surface area (Å²) in [5, 5.41) is 13.2. The van der Waals surface area contributed by atoms with Crippen molar-refractivity contribution in [2.75, 3.05) is 39.9 Å². The van der Waals surface area contributed by atoms with Gasteiger partial charge in [0.05, 0.1) is 19.9 Å². The number of aromatic nitrogens is 2. The molecule has 0 fully saturated rings. The standard InChI is InChI=1S/C18H22N4O4S/c1-22(2)7-6-14-15(17(23)24)16(21-18(20-14)27-5)19-11-8-12(25-3)10-13(9-11)26-4/h6-10H,1-5H3,(H,23,24)(H,19,20,21)/b7-6+. The highest BCUT2D eigenvalue weighted by Crippen LogP contribution is 2.30. The van der Waals surface area contributed by atoms with E-state index in [0.717, 1.165) is 0 Å². The van der Waals surface area contributed by atoms with Crippen LogP contribution < -0.4 is 14.8 Å². The number of nitrogens with one attached hydrogen (secondary N) is 1. The third kappa shape index (κ3) is 5.27. The molecule has 0 amide bonds. The van der Waals surface area contributed by atoms with Crippen LogP contribution in [0, 0.1) is 0 Å². The molecule has 0 saturated carbocycles. The minimum Gasteiger partial charge on any atom is -0.497 e. The number of benzene rings is 1. The monoisotopic (exact) mass is 390 g/mol. The van der Waals surface area contributed by atoms with Crippen LogP contribution in [0.25, 0.3) is 6.08 Å². The number of aromatic carboxylic acids is 1. The number of carbonyl (C=O) groups is 1. The highest BCUT2D eigenvalue weighted by atomic mass is 32.2. The second-order valence-corrected chi connectivity index (χ2v) is 6.40. The lowest BCUT2D eigenvalue weighted by atomic mass is 10.2. The molecule has 0 radical (unpaired) electrons. The average molecular weight is 390 g/mol. The Morgan fingerprint density at radius 3 is 2.30 bits per heavy atom. The first-order valence-electron chi connectivity index (χ1n) is 7.92. The maximum absolute atomic E-state index is 11.9. The van der Waals surface area contributed by atoms with Crippen molar-refractivity contribution in [2.24, 2.45) is 0 Å². The Kier molecular flexibility index (Phi) is 6.89. The van der Waals surface area contributed by atoms with E-state index in [1.165, 1.54) is 11.8 Å². The Labute approximate surface area is 162 Å². The number of anilines is 2. The number of methoxy groups -OCH3 is 2. The van der Waals surface area contributed by atoms with Crippen molar-refractivity contribution in [3.63, 3.8) is 0 Å². The van der Waals surface area contributed by atoms with Crippen LogP contribution in [-0.4, -0.2) is 60.5 Å². The molecule has 0 aliphatic rings. The quantitative estimate of drug-likeness (QED) is 0.520. The Morgan fingerprint density at radius 1 is 1.19 bits per heavy atom. The van der Waals surface area contributed by atoms with Crippen molar-refractivity contribution in [3.8, 4) is 11.5 Å². The number of nitrogens with zero attached hydrogens (tertiary/aromatic N) is 3. The molecule has 2 aromatic rings. The van der Waals surface area contributed by atoms with Crippen molar-refractivity contribution in [1.29, 1.82) is 0 Å². The van der Waals surface area contributed by atoms with Crippen LogP contribution in [0.5, 0.6) is 11.5 Å². The first kappa shape index (κ1) is 20.4. The van der Waals surface area contributed by atoms with E-state index in [0.29, 0.717) is 28.0 Å². The number of hydrogen-bond donors (Lipinski definition) is 2. The number of carboxylic acids is 1. The van der Waals surface area contributed by atoms with Gasteiger partial charge in [0.1, 0.15) is 22.9 Å². The smallest absolute Gasteiger partial charge is 0.341 e. The lowest BCUT2D eigenvalue weighted by Crippen LogP contribution is -2.11. The van der Waals surface area contributed by atoms with E-state index in [-0.39, 0.29) is 11.4 Å². The molecule has 2 rings (SSSR count). The molecule has 1 aromatic heterocycles. The minimum atomic E-state index is -1.13. The summed E-state index contributed by atoms with van der Waals surface area (Å²) in [4.78, 5) is 22.4. The van der Waals surface area contributed by atoms with Gasteiger partial charge in [0.15, 0.2) is 5.16 Å². The van der Waals surface area contributed by atoms with E-state index in [4.69, 9.17) is 9.47 Å². The van der Waals surface area contributed by atoms with Crippen LogP contribution in [0.2, 0.25) is 0 Å². The van der Waals surface area contributed by atoms with E-state index in [2.05, 4.69) is 15.3 Å². The maximum atomic E-state index is 11.9. The molecule has 144 valence electrons. The van der Waals surface area contributed by atoms with Crippen LogP contribution in [0.3, 0.4) is 0 Å². The first-order chi connectivity index (χ1) is 12.9. The average Bonchev–Trinajstić information content (AvgIpc) is 2.65. The summed E-state index contributed by atoms with van der Waals surface area (Å²) >= 11 is 1.33. The van der Waals surface area contributed by atoms with E-state index < -0.39 is 5.97 Å². The second-order valence-electron chi connectivity index (χ2n) is 5.63. The summed E-state index contributed by atoms with van der Waals surface area (Å²) in [7, 11) is 6.77. The summed E-state index contributed by atoms with van der Waals surface area (Å²) in [6.45, 7) is 0. The Hall–Kier alpha value is -2.94. The second kappa shape index (κ2) is 9.13. The van der Waals surface area contributed by atoms with Gasteiger partial charge in [-0.3, -0.25) is 0 Å². The summed E-state index contributed by atoms with van der Waals surface area (Å²) in [5.74, 6) is 0.204. The van der Waals surface area contributed by atoms with Gasteiger partial charge < -0.3 is 24.8 Å². The van der Waals surface area contributed by atoms with Crippen LogP contribution in [0.4, 0.5) is 11.5 Å². The van der Waals surface area contributed by atoms with Gasteiger partial charge in [0.2, 0.25) is 0 Å². The number of carboxylic acid groups (broad SMARTS) is 1. The van der Waals surface area contributed by atoms with E-state index >= 15 is 0 Å². The molecule has 0 unspecified atom stereocenters. The van der Waals surface area contributed by atoms with Gasteiger partial charge in [-0.05, 0) is 12.3 Å². The van der Waals surface area contributed by atoms with E-state index in [1.54, 1.807) is 49.6 Å². The van der Waals surface area contributed by atoms with Crippen LogP contribution >= 0.6 is 11.8 Å². The number of hydrogen-bond acceptors (Lipinski definition) is 8. The summed E-state index contributed by atoms with van der Waals surface area (Å²) < 4.78 is 10.5. The molecule has 0 saturated heterocycles. The molecule has 0 spiro atoms. The molecule has 0 aliphatic heterocycles. The Balaban J connectivity index is 2.58. The fraction of sp³-hybridized carbons (Fsp3) is 0.278. The van der Waals surface area contributed by atoms with Crippen molar-refractivity contribution in [1.82, 2.24) is 14.9 Å². The molecule has 27 heavy (non-hydrogen) atoms. The van der Waals surface area contributed by atoms with E-state index in [1.807, 2.05) is 20.4 Å². The fourth-order valence-corrected chi connectivity index (χ4v) is 2.58. The third-order valence-electron chi connectivity index (χ3n) is 3.46. The number of thioether (sulfide) groups is 1. The van der Waals surface area contributed by atoms with Crippen molar-refractivity contribution in [2.45, 2.75) is 5.16 Å². The Morgan fingerprint density at radius 2 is 1.81 bits per heavy atom. The molecule has 0 aliphatic carbocycles. The molecule has 2 N–H and O–H groups in total. The summed E-state index contributed by atoms with van der Waals surface area (Å²) in [6.07, 6.45) is 5.20. The lowest BCUT2D eigenvalue weighted by molar-refractivity contribution is 0.0696. The fourth-order valence-electron chi connectivity index (χ4n) is 2.21. The molecule has 1 heterocycles. The third-order valence-corrected chi connectivity index (χ3v) is 4.01. The molecular formula is C18H22N4O4S. The number of ether oxygens (including phenoxy) is 2. The molecule has 8 nitrogen and oxygen atoms in total. The highest BCUT2D eigenvalue weighted by molar-refractivity contribution is 7.98. The zero-order valence-corrected chi connectivity index (χ0v) is 16.6. The molecular weight excluding hydrogens is 368 g/mol. The van der Waals surface area contributed by atoms with Crippen LogP contribution in [0.15, 0.2) is 29.6 Å². The van der Waals surface area contributed by atoms with Gasteiger partial charge in [-0.2, -0.15) is 0 Å². The molecule has 0 bridgehead atoms. The van der Waals surface area contributed by atoms with Gasteiger partial charge in [0, 0.05) is 44.2 Å². The largest absolute Gasteiger partial charge is 0.497 e. The van der Waals surface area contributed by atoms with Crippen LogP contribution in [-0.2, 0) is 0 Å². The van der Waals surface area contributed by atoms with Crippen molar-refractivity contribution in [3.05, 3.63) is 35.7 Å². The van der Waals surface area contributed by atoms with Gasteiger partial charge in [-0.25, -0.2) is 14.8 Å². The summed E-state index contributed by atoms with van der Waals surface area (Å²) in [6, 6.07) is 5.18. The van der Waals surface area contributed by atoms with Gasteiger partial charge in [0.25, 0.3) is 0 Å². The van der Waals surface area contributed by atoms with Crippen molar-refractivity contribution >= 4 is 35.3 Å². The Bertz CT molecular complexity index is 833. The zero-order valence-electron chi connectivity index (χ0n) is 15.8. The molecule has 0 atom stereocenters. The highest BCUT2D eigenvalue weighted by Gasteiger charge is 2.20. The summed E-state index contributed by atoms with van der Waals surface area (Å²) in [5.41, 5.74) is 0.877. The van der Waals surface area contributed by atoms with Crippen molar-refractivity contribution < 1.29 is 19.4 Å². The zero-order chi connectivity index (χ0) is 20.0. The van der Waals surface area contributed by atoms with E-state index in [9.17, 15) is 9.90 Å². The molecule has 1 aromatic carbocycles. The van der Waals surface area contributed by atoms with Gasteiger partial charge in [-0.15, -0.1) is 0 Å². The predicted octanol–water partition coefficient (Wildman–Crippen LogP) is 3.19. The topological polar surface area (TPSA) is 96.8 Å².